The van der Waals surface area contributed by atoms with Crippen LogP contribution >= 0.6 is 0 Å². The standard InChI is InChI=1S/C18H27NO3/c1-3-21-17-12-18(22-14-17)8-10-19(11-9-18)13-15-4-6-16(20-2)7-5-15/h4-7,17H,3,8-14H2,1-2H3. The Hall–Kier alpha value is -1.10. The summed E-state index contributed by atoms with van der Waals surface area (Å²) in [5.41, 5.74) is 1.42. The Bertz CT molecular complexity index is 466. The predicted octanol–water partition coefficient (Wildman–Crippen LogP) is 2.86. The van der Waals surface area contributed by atoms with E-state index in [1.807, 2.05) is 12.1 Å². The van der Waals surface area contributed by atoms with Crippen molar-refractivity contribution in [1.82, 2.24) is 4.90 Å². The molecule has 2 fully saturated rings. The van der Waals surface area contributed by atoms with Crippen LogP contribution in [0.2, 0.25) is 0 Å². The number of piperidine rings is 1. The highest BCUT2D eigenvalue weighted by atomic mass is 16.6. The molecule has 4 heteroatoms. The first-order valence-electron chi connectivity index (χ1n) is 8.34. The van der Waals surface area contributed by atoms with Crippen LogP contribution in [0.5, 0.6) is 5.75 Å². The highest BCUT2D eigenvalue weighted by molar-refractivity contribution is 5.27. The van der Waals surface area contributed by atoms with Crippen LogP contribution in [0.15, 0.2) is 24.3 Å². The van der Waals surface area contributed by atoms with Crippen molar-refractivity contribution in [2.45, 2.75) is 44.4 Å². The number of likely N-dealkylation sites (tertiary alicyclic amines) is 1. The van der Waals surface area contributed by atoms with Gasteiger partial charge in [0.2, 0.25) is 0 Å². The zero-order chi connectivity index (χ0) is 15.4. The molecule has 0 radical (unpaired) electrons. The summed E-state index contributed by atoms with van der Waals surface area (Å²) >= 11 is 0. The lowest BCUT2D eigenvalue weighted by Crippen LogP contribution is -2.43. The van der Waals surface area contributed by atoms with Crippen molar-refractivity contribution < 1.29 is 14.2 Å². The molecule has 0 aromatic heterocycles. The fourth-order valence-corrected chi connectivity index (χ4v) is 3.60. The van der Waals surface area contributed by atoms with Gasteiger partial charge >= 0.3 is 0 Å². The molecule has 2 aliphatic rings. The molecule has 2 saturated heterocycles. The molecule has 4 nitrogen and oxygen atoms in total. The highest BCUT2D eigenvalue weighted by Crippen LogP contribution is 2.37. The third-order valence-electron chi connectivity index (χ3n) is 4.91. The molecular weight excluding hydrogens is 278 g/mol. The van der Waals surface area contributed by atoms with E-state index in [1.54, 1.807) is 7.11 Å². The largest absolute Gasteiger partial charge is 0.497 e. The Morgan fingerprint density at radius 3 is 2.59 bits per heavy atom. The van der Waals surface area contributed by atoms with Gasteiger partial charge in [0.05, 0.1) is 25.4 Å². The maximum atomic E-state index is 6.11. The highest BCUT2D eigenvalue weighted by Gasteiger charge is 2.42. The molecule has 3 rings (SSSR count). The second-order valence-electron chi connectivity index (χ2n) is 6.40. The Morgan fingerprint density at radius 1 is 1.23 bits per heavy atom. The third kappa shape index (κ3) is 3.62. The van der Waals surface area contributed by atoms with Gasteiger partial charge in [-0.3, -0.25) is 4.90 Å². The van der Waals surface area contributed by atoms with Gasteiger partial charge in [0, 0.05) is 32.7 Å². The number of rotatable bonds is 5. The van der Waals surface area contributed by atoms with Crippen molar-refractivity contribution in [3.63, 3.8) is 0 Å². The lowest BCUT2D eigenvalue weighted by molar-refractivity contribution is -0.0464. The van der Waals surface area contributed by atoms with Crippen LogP contribution < -0.4 is 4.74 Å². The van der Waals surface area contributed by atoms with E-state index < -0.39 is 0 Å². The summed E-state index contributed by atoms with van der Waals surface area (Å²) in [6, 6.07) is 8.38. The first-order valence-corrected chi connectivity index (χ1v) is 8.34. The van der Waals surface area contributed by atoms with Gasteiger partial charge in [-0.1, -0.05) is 12.1 Å². The average Bonchev–Trinajstić information content (AvgIpc) is 2.94. The topological polar surface area (TPSA) is 30.9 Å². The van der Waals surface area contributed by atoms with Crippen molar-refractivity contribution in [3.8, 4) is 5.75 Å². The molecule has 22 heavy (non-hydrogen) atoms. The Morgan fingerprint density at radius 2 is 1.95 bits per heavy atom. The summed E-state index contributed by atoms with van der Waals surface area (Å²) in [5.74, 6) is 0.919. The minimum absolute atomic E-state index is 0.0796. The van der Waals surface area contributed by atoms with Crippen LogP contribution in [0.4, 0.5) is 0 Å². The molecule has 0 N–H and O–H groups in total. The SMILES string of the molecule is CCOC1COC2(CCN(Cc3ccc(OC)cc3)CC2)C1. The van der Waals surface area contributed by atoms with E-state index in [9.17, 15) is 0 Å². The summed E-state index contributed by atoms with van der Waals surface area (Å²) < 4.78 is 17.0. The minimum Gasteiger partial charge on any atom is -0.497 e. The van der Waals surface area contributed by atoms with E-state index in [-0.39, 0.29) is 5.60 Å². The maximum absolute atomic E-state index is 6.11. The molecule has 0 amide bonds. The molecule has 2 heterocycles. The molecule has 0 bridgehead atoms. The number of ether oxygens (including phenoxy) is 3. The summed E-state index contributed by atoms with van der Waals surface area (Å²) in [4.78, 5) is 2.52. The summed E-state index contributed by atoms with van der Waals surface area (Å²) in [6.45, 7) is 6.83. The van der Waals surface area contributed by atoms with E-state index in [0.29, 0.717) is 6.10 Å². The van der Waals surface area contributed by atoms with Crippen LogP contribution in [0.1, 0.15) is 31.7 Å². The number of methoxy groups -OCH3 is 1. The molecule has 2 aliphatic heterocycles. The predicted molar refractivity (Wildman–Crippen MR) is 86.2 cm³/mol. The van der Waals surface area contributed by atoms with Gasteiger partial charge in [0.25, 0.3) is 0 Å². The van der Waals surface area contributed by atoms with E-state index in [2.05, 4.69) is 24.0 Å². The lowest BCUT2D eigenvalue weighted by atomic mass is 9.88. The number of hydrogen-bond donors (Lipinski definition) is 0. The summed E-state index contributed by atoms with van der Waals surface area (Å²) in [6.07, 6.45) is 3.61. The van der Waals surface area contributed by atoms with Gasteiger partial charge in [-0.2, -0.15) is 0 Å². The fourth-order valence-electron chi connectivity index (χ4n) is 3.60. The maximum Gasteiger partial charge on any atom is 0.118 e. The van der Waals surface area contributed by atoms with Crippen molar-refractivity contribution in [2.24, 2.45) is 0 Å². The van der Waals surface area contributed by atoms with Crippen LogP contribution in [-0.2, 0) is 16.0 Å². The Kier molecular flexibility index (Phi) is 5.01. The molecule has 1 aromatic carbocycles. The number of hydrogen-bond acceptors (Lipinski definition) is 4. The van der Waals surface area contributed by atoms with Crippen LogP contribution in [-0.4, -0.2) is 50.0 Å². The van der Waals surface area contributed by atoms with Crippen LogP contribution in [0.25, 0.3) is 0 Å². The number of benzene rings is 1. The molecule has 1 atom stereocenters. The van der Waals surface area contributed by atoms with Gasteiger partial charge < -0.3 is 14.2 Å². The Labute approximate surface area is 133 Å². The molecule has 1 aromatic rings. The second-order valence-corrected chi connectivity index (χ2v) is 6.40. The zero-order valence-corrected chi connectivity index (χ0v) is 13.7. The monoisotopic (exact) mass is 305 g/mol. The molecular formula is C18H27NO3. The van der Waals surface area contributed by atoms with E-state index >= 15 is 0 Å². The van der Waals surface area contributed by atoms with Gasteiger partial charge in [0.1, 0.15) is 5.75 Å². The van der Waals surface area contributed by atoms with Crippen molar-refractivity contribution in [1.29, 1.82) is 0 Å². The lowest BCUT2D eigenvalue weighted by Gasteiger charge is -2.38. The minimum atomic E-state index is 0.0796. The van der Waals surface area contributed by atoms with Crippen molar-refractivity contribution >= 4 is 0 Å². The Balaban J connectivity index is 1.49. The van der Waals surface area contributed by atoms with Crippen molar-refractivity contribution in [2.75, 3.05) is 33.4 Å². The average molecular weight is 305 g/mol. The quantitative estimate of drug-likeness (QED) is 0.837. The van der Waals surface area contributed by atoms with Crippen molar-refractivity contribution in [3.05, 3.63) is 29.8 Å². The summed E-state index contributed by atoms with van der Waals surface area (Å²) in [5, 5.41) is 0. The fraction of sp³-hybridized carbons (Fsp3) is 0.667. The van der Waals surface area contributed by atoms with E-state index in [0.717, 1.165) is 57.9 Å². The molecule has 1 unspecified atom stereocenters. The second kappa shape index (κ2) is 6.99. The zero-order valence-electron chi connectivity index (χ0n) is 13.7. The third-order valence-corrected chi connectivity index (χ3v) is 4.91. The summed E-state index contributed by atoms with van der Waals surface area (Å²) in [7, 11) is 1.70. The van der Waals surface area contributed by atoms with Crippen LogP contribution in [0.3, 0.4) is 0 Å². The smallest absolute Gasteiger partial charge is 0.118 e. The first kappa shape index (κ1) is 15.8. The van der Waals surface area contributed by atoms with Crippen LogP contribution in [0, 0.1) is 0 Å². The van der Waals surface area contributed by atoms with E-state index in [4.69, 9.17) is 14.2 Å². The molecule has 0 saturated carbocycles. The molecule has 0 aliphatic carbocycles. The van der Waals surface area contributed by atoms with Gasteiger partial charge in [0.15, 0.2) is 0 Å². The van der Waals surface area contributed by atoms with Gasteiger partial charge in [-0.15, -0.1) is 0 Å². The molecule has 122 valence electrons. The van der Waals surface area contributed by atoms with Gasteiger partial charge in [-0.05, 0) is 37.5 Å². The van der Waals surface area contributed by atoms with E-state index in [1.165, 1.54) is 5.56 Å². The normalized spacial score (nSPS) is 24.7. The first-order chi connectivity index (χ1) is 10.7. The van der Waals surface area contributed by atoms with Gasteiger partial charge in [-0.25, -0.2) is 0 Å². The number of nitrogens with zero attached hydrogens (tertiary/aromatic N) is 1. The molecule has 1 spiro atoms.